The Labute approximate surface area is 194 Å². The minimum atomic E-state index is 0. The van der Waals surface area contributed by atoms with E-state index in [1.165, 1.54) is 0 Å². The van der Waals surface area contributed by atoms with Crippen LogP contribution in [0.25, 0.3) is 11.0 Å². The van der Waals surface area contributed by atoms with Crippen molar-refractivity contribution >= 4 is 41.0 Å². The summed E-state index contributed by atoms with van der Waals surface area (Å²) in [5.74, 6) is 2.29. The lowest BCUT2D eigenvalue weighted by atomic mass is 10.2. The molecule has 0 spiro atoms. The second-order valence-electron chi connectivity index (χ2n) is 8.28. The molecular weight excluding hydrogens is 428 g/mol. The first-order valence-electron chi connectivity index (χ1n) is 11.2. The maximum absolute atomic E-state index is 5.59. The summed E-state index contributed by atoms with van der Waals surface area (Å²) in [6.45, 7) is 10.0. The zero-order valence-corrected chi connectivity index (χ0v) is 19.7. The number of anilines is 3. The molecule has 0 unspecified atom stereocenters. The number of nitrogens with one attached hydrogen (secondary N) is 2. The number of aromatic nitrogens is 5. The third-order valence-electron chi connectivity index (χ3n) is 6.11. The average Bonchev–Trinajstić information content (AvgIpc) is 3.48. The zero-order chi connectivity index (χ0) is 21.4. The molecule has 5 heterocycles. The maximum Gasteiger partial charge on any atom is 0.228 e. The second kappa shape index (κ2) is 9.56. The van der Waals surface area contributed by atoms with E-state index in [0.717, 1.165) is 65.8 Å². The van der Waals surface area contributed by atoms with Crippen LogP contribution in [0.15, 0.2) is 18.3 Å². The van der Waals surface area contributed by atoms with Gasteiger partial charge in [-0.3, -0.25) is 4.68 Å². The van der Waals surface area contributed by atoms with Crippen LogP contribution in [0.3, 0.4) is 0 Å². The van der Waals surface area contributed by atoms with Crippen LogP contribution in [-0.4, -0.2) is 63.1 Å². The highest BCUT2D eigenvalue weighted by Gasteiger charge is 2.39. The van der Waals surface area contributed by atoms with Gasteiger partial charge in [0.25, 0.3) is 0 Å². The number of rotatable bonds is 8. The maximum atomic E-state index is 5.59. The van der Waals surface area contributed by atoms with E-state index < -0.39 is 0 Å². The van der Waals surface area contributed by atoms with Gasteiger partial charge in [0.2, 0.25) is 5.95 Å². The van der Waals surface area contributed by atoms with Gasteiger partial charge in [-0.1, -0.05) is 6.92 Å². The van der Waals surface area contributed by atoms with E-state index >= 15 is 0 Å². The van der Waals surface area contributed by atoms with Crippen LogP contribution in [0.4, 0.5) is 17.6 Å². The molecule has 2 N–H and O–H groups in total. The Morgan fingerprint density at radius 3 is 2.84 bits per heavy atom. The van der Waals surface area contributed by atoms with Gasteiger partial charge in [-0.15, -0.1) is 12.4 Å². The van der Waals surface area contributed by atoms with Gasteiger partial charge in [-0.2, -0.15) is 10.1 Å². The van der Waals surface area contributed by atoms with Crippen LogP contribution in [0.1, 0.15) is 31.5 Å². The molecule has 3 aromatic heterocycles. The Balaban J connectivity index is 0.00000245. The summed E-state index contributed by atoms with van der Waals surface area (Å²) < 4.78 is 7.57. The molecule has 0 amide bonds. The SMILES string of the molecule is CCOCCn1nc(CC)c2nc(N3C[C@@H]4C[C@H]3CN4)nc(Nc3cc(C)ccn3)c21.Cl. The third-order valence-corrected chi connectivity index (χ3v) is 6.11. The van der Waals surface area contributed by atoms with Crippen LogP contribution in [0, 0.1) is 6.92 Å². The van der Waals surface area contributed by atoms with Crippen molar-refractivity contribution in [3.8, 4) is 0 Å². The predicted octanol–water partition coefficient (Wildman–Crippen LogP) is 2.84. The lowest BCUT2D eigenvalue weighted by Crippen LogP contribution is -2.44. The molecular formula is C22H31ClN8O. The quantitative estimate of drug-likeness (QED) is 0.498. The first-order valence-corrected chi connectivity index (χ1v) is 11.2. The number of aryl methyl sites for hydroxylation is 2. The smallest absolute Gasteiger partial charge is 0.228 e. The molecule has 2 saturated heterocycles. The van der Waals surface area contributed by atoms with Gasteiger partial charge in [-0.25, -0.2) is 9.97 Å². The van der Waals surface area contributed by atoms with E-state index in [0.29, 0.717) is 31.8 Å². The summed E-state index contributed by atoms with van der Waals surface area (Å²) in [5, 5.41) is 11.9. The molecule has 2 aliphatic heterocycles. The van der Waals surface area contributed by atoms with Crippen molar-refractivity contribution in [3.05, 3.63) is 29.6 Å². The number of hydrogen-bond donors (Lipinski definition) is 2. The topological polar surface area (TPSA) is 93.0 Å². The molecule has 0 radical (unpaired) electrons. The highest BCUT2D eigenvalue weighted by molar-refractivity contribution is 5.90. The number of hydrogen-bond acceptors (Lipinski definition) is 8. The number of halogens is 1. The summed E-state index contributed by atoms with van der Waals surface area (Å²) >= 11 is 0. The standard InChI is InChI=1S/C22H30N8O.ClH/c1-4-17-19-20(30(28-17)8-9-31-5-2)21(25-18-10-14(3)6-7-23-18)27-22(26-19)29-13-15-11-16(29)12-24-15;/h6-7,10,15-16,24H,4-5,8-9,11-13H2,1-3H3,(H,23,25,26,27);1H/t15-,16-;/m0./s1. The Hall–Kier alpha value is -2.49. The normalized spacial score (nSPS) is 19.5. The molecule has 2 atom stereocenters. The van der Waals surface area contributed by atoms with Crippen LogP contribution in [-0.2, 0) is 17.7 Å². The molecule has 2 fully saturated rings. The van der Waals surface area contributed by atoms with E-state index in [9.17, 15) is 0 Å². The number of nitrogens with zero attached hydrogens (tertiary/aromatic N) is 6. The lowest BCUT2D eigenvalue weighted by molar-refractivity contribution is 0.137. The highest BCUT2D eigenvalue weighted by Crippen LogP contribution is 2.32. The molecule has 172 valence electrons. The summed E-state index contributed by atoms with van der Waals surface area (Å²) in [6, 6.07) is 4.99. The van der Waals surface area contributed by atoms with Gasteiger partial charge in [0, 0.05) is 38.0 Å². The van der Waals surface area contributed by atoms with E-state index in [-0.39, 0.29) is 12.4 Å². The summed E-state index contributed by atoms with van der Waals surface area (Å²) in [4.78, 5) is 16.8. The van der Waals surface area contributed by atoms with E-state index in [4.69, 9.17) is 19.8 Å². The van der Waals surface area contributed by atoms with Gasteiger partial charge in [0.05, 0.1) is 18.8 Å². The van der Waals surface area contributed by atoms with E-state index in [1.807, 2.05) is 29.9 Å². The molecule has 2 bridgehead atoms. The fourth-order valence-corrected chi connectivity index (χ4v) is 4.57. The Morgan fingerprint density at radius 1 is 1.28 bits per heavy atom. The summed E-state index contributed by atoms with van der Waals surface area (Å²) in [7, 11) is 0. The van der Waals surface area contributed by atoms with Crippen molar-refractivity contribution in [1.82, 2.24) is 30.0 Å². The van der Waals surface area contributed by atoms with E-state index in [1.54, 1.807) is 0 Å². The number of fused-ring (bicyclic) bond motifs is 3. The third kappa shape index (κ3) is 4.24. The molecule has 2 aliphatic rings. The first-order chi connectivity index (χ1) is 15.2. The first kappa shape index (κ1) is 22.7. The molecule has 3 aromatic rings. The van der Waals surface area contributed by atoms with Crippen molar-refractivity contribution in [2.24, 2.45) is 0 Å². The second-order valence-corrected chi connectivity index (χ2v) is 8.28. The highest BCUT2D eigenvalue weighted by atomic mass is 35.5. The molecule has 0 saturated carbocycles. The van der Waals surface area contributed by atoms with Gasteiger partial charge in [-0.05, 0) is 44.4 Å². The van der Waals surface area contributed by atoms with Gasteiger partial charge in [0.15, 0.2) is 5.82 Å². The predicted molar refractivity (Wildman–Crippen MR) is 128 cm³/mol. The molecule has 10 heteroatoms. The Bertz CT molecular complexity index is 1090. The monoisotopic (exact) mass is 458 g/mol. The minimum absolute atomic E-state index is 0. The summed E-state index contributed by atoms with van der Waals surface area (Å²) in [5.41, 5.74) is 3.95. The number of ether oxygens (including phenoxy) is 1. The van der Waals surface area contributed by atoms with Crippen molar-refractivity contribution in [2.45, 2.75) is 52.2 Å². The van der Waals surface area contributed by atoms with Crippen LogP contribution in [0.2, 0.25) is 0 Å². The van der Waals surface area contributed by atoms with Gasteiger partial charge < -0.3 is 20.3 Å². The van der Waals surface area contributed by atoms with Crippen molar-refractivity contribution in [1.29, 1.82) is 0 Å². The fourth-order valence-electron chi connectivity index (χ4n) is 4.57. The zero-order valence-electron chi connectivity index (χ0n) is 18.8. The fraction of sp³-hybridized carbons (Fsp3) is 0.545. The molecule has 9 nitrogen and oxygen atoms in total. The number of piperazine rings is 1. The Morgan fingerprint density at radius 2 is 2.16 bits per heavy atom. The van der Waals surface area contributed by atoms with E-state index in [2.05, 4.69) is 34.4 Å². The number of pyridine rings is 1. The molecule has 32 heavy (non-hydrogen) atoms. The molecule has 5 rings (SSSR count). The van der Waals surface area contributed by atoms with Crippen LogP contribution in [0.5, 0.6) is 0 Å². The minimum Gasteiger partial charge on any atom is -0.380 e. The molecule has 0 aromatic carbocycles. The Kier molecular flexibility index (Phi) is 6.78. The lowest BCUT2D eigenvalue weighted by Gasteiger charge is -2.27. The average molecular weight is 459 g/mol. The van der Waals surface area contributed by atoms with Crippen molar-refractivity contribution in [2.75, 3.05) is 36.5 Å². The van der Waals surface area contributed by atoms with Gasteiger partial charge in [0.1, 0.15) is 16.9 Å². The van der Waals surface area contributed by atoms with Crippen LogP contribution >= 0.6 is 12.4 Å². The largest absolute Gasteiger partial charge is 0.380 e. The summed E-state index contributed by atoms with van der Waals surface area (Å²) in [6.07, 6.45) is 3.77. The van der Waals surface area contributed by atoms with Crippen molar-refractivity contribution in [3.63, 3.8) is 0 Å². The molecule has 0 aliphatic carbocycles. The van der Waals surface area contributed by atoms with Gasteiger partial charge >= 0.3 is 0 Å². The van der Waals surface area contributed by atoms with Crippen LogP contribution < -0.4 is 15.5 Å². The van der Waals surface area contributed by atoms with Crippen molar-refractivity contribution < 1.29 is 4.74 Å².